The average Bonchev–Trinajstić information content (AvgIpc) is 2.27. The van der Waals surface area contributed by atoms with Crippen LogP contribution in [0.4, 0.5) is 5.69 Å². The van der Waals surface area contributed by atoms with E-state index in [4.69, 9.17) is 0 Å². The van der Waals surface area contributed by atoms with E-state index in [-0.39, 0.29) is 0 Å². The smallest absolute Gasteiger partial charge is 0.150 e. The first-order valence-corrected chi connectivity index (χ1v) is 4.87. The Kier molecular flexibility index (Phi) is 2.42. The van der Waals surface area contributed by atoms with Gasteiger partial charge in [0.1, 0.15) is 6.29 Å². The Morgan fingerprint density at radius 2 is 1.73 bits per heavy atom. The summed E-state index contributed by atoms with van der Waals surface area (Å²) in [5.41, 5.74) is 1.86. The summed E-state index contributed by atoms with van der Waals surface area (Å²) >= 11 is 0. The van der Waals surface area contributed by atoms with E-state index in [2.05, 4.69) is 18.2 Å². The second-order valence-electron chi connectivity index (χ2n) is 3.80. The van der Waals surface area contributed by atoms with Crippen molar-refractivity contribution in [3.8, 4) is 0 Å². The molecule has 0 aliphatic carbocycles. The molecular weight excluding hydrogens is 186 g/mol. The van der Waals surface area contributed by atoms with Crippen molar-refractivity contribution in [2.45, 2.75) is 0 Å². The van der Waals surface area contributed by atoms with Gasteiger partial charge in [-0.2, -0.15) is 0 Å². The van der Waals surface area contributed by atoms with Gasteiger partial charge < -0.3 is 4.90 Å². The first-order valence-electron chi connectivity index (χ1n) is 4.87. The number of nitrogens with zero attached hydrogens (tertiary/aromatic N) is 1. The third kappa shape index (κ3) is 1.84. The summed E-state index contributed by atoms with van der Waals surface area (Å²) in [6, 6.07) is 11.9. The molecule has 2 heteroatoms. The molecule has 2 nitrogen and oxygen atoms in total. The summed E-state index contributed by atoms with van der Waals surface area (Å²) in [5, 5.41) is 2.26. The molecule has 0 aliphatic heterocycles. The van der Waals surface area contributed by atoms with Gasteiger partial charge >= 0.3 is 0 Å². The predicted molar refractivity (Wildman–Crippen MR) is 63.7 cm³/mol. The third-order valence-corrected chi connectivity index (χ3v) is 2.50. The highest BCUT2D eigenvalue weighted by atomic mass is 16.1. The molecule has 0 saturated heterocycles. The number of fused-ring (bicyclic) bond motifs is 1. The number of benzene rings is 2. The molecule has 0 aromatic heterocycles. The van der Waals surface area contributed by atoms with Crippen LogP contribution in [0.15, 0.2) is 36.4 Å². The molecule has 0 spiro atoms. The zero-order valence-electron chi connectivity index (χ0n) is 8.90. The fraction of sp³-hybridized carbons (Fsp3) is 0.154. The topological polar surface area (TPSA) is 20.3 Å². The van der Waals surface area contributed by atoms with Gasteiger partial charge in [0.05, 0.1) is 0 Å². The maximum Gasteiger partial charge on any atom is 0.150 e. The highest BCUT2D eigenvalue weighted by Crippen LogP contribution is 2.21. The van der Waals surface area contributed by atoms with Crippen LogP contribution in [-0.4, -0.2) is 20.4 Å². The predicted octanol–water partition coefficient (Wildman–Crippen LogP) is 2.72. The fourth-order valence-corrected chi connectivity index (χ4v) is 1.60. The highest BCUT2D eigenvalue weighted by Gasteiger charge is 1.99. The van der Waals surface area contributed by atoms with Crippen LogP contribution in [0.3, 0.4) is 0 Å². The molecule has 0 bridgehead atoms. The lowest BCUT2D eigenvalue weighted by Gasteiger charge is -2.13. The summed E-state index contributed by atoms with van der Waals surface area (Å²) in [6.07, 6.45) is 0.877. The number of carbonyl (C=O) groups is 1. The van der Waals surface area contributed by atoms with Gasteiger partial charge in [-0.25, -0.2) is 0 Å². The van der Waals surface area contributed by atoms with Crippen LogP contribution in [0, 0.1) is 0 Å². The van der Waals surface area contributed by atoms with Crippen molar-refractivity contribution in [1.82, 2.24) is 0 Å². The minimum absolute atomic E-state index is 0.721. The lowest BCUT2D eigenvalue weighted by Crippen LogP contribution is -2.07. The Hall–Kier alpha value is -1.83. The Morgan fingerprint density at radius 3 is 2.40 bits per heavy atom. The summed E-state index contributed by atoms with van der Waals surface area (Å²) in [4.78, 5) is 12.7. The second kappa shape index (κ2) is 3.73. The average molecular weight is 199 g/mol. The van der Waals surface area contributed by atoms with Crippen molar-refractivity contribution in [3.05, 3.63) is 42.0 Å². The van der Waals surface area contributed by atoms with Crippen LogP contribution in [0.1, 0.15) is 10.4 Å². The SMILES string of the molecule is CN(C)c1ccc2ccc(C=O)cc2c1. The normalized spacial score (nSPS) is 10.3. The van der Waals surface area contributed by atoms with Crippen molar-refractivity contribution >= 4 is 22.7 Å². The number of hydrogen-bond acceptors (Lipinski definition) is 2. The molecule has 0 aliphatic rings. The first-order chi connectivity index (χ1) is 7.20. The van der Waals surface area contributed by atoms with Crippen LogP contribution < -0.4 is 4.90 Å². The summed E-state index contributed by atoms with van der Waals surface area (Å²) < 4.78 is 0. The Labute approximate surface area is 89.1 Å². The molecular formula is C13H13NO. The van der Waals surface area contributed by atoms with Gasteiger partial charge in [-0.15, -0.1) is 0 Å². The van der Waals surface area contributed by atoms with Gasteiger partial charge in [-0.3, -0.25) is 4.79 Å². The number of rotatable bonds is 2. The first kappa shape index (κ1) is 9.71. The van der Waals surface area contributed by atoms with Crippen LogP contribution in [0.5, 0.6) is 0 Å². The quantitative estimate of drug-likeness (QED) is 0.693. The summed E-state index contributed by atoms with van der Waals surface area (Å²) in [5.74, 6) is 0. The molecule has 2 rings (SSSR count). The van der Waals surface area contributed by atoms with Crippen molar-refractivity contribution in [1.29, 1.82) is 0 Å². The van der Waals surface area contributed by atoms with Gasteiger partial charge in [-0.1, -0.05) is 18.2 Å². The molecule has 15 heavy (non-hydrogen) atoms. The molecule has 2 aromatic carbocycles. The molecule has 0 amide bonds. The van der Waals surface area contributed by atoms with Crippen LogP contribution in [0.25, 0.3) is 10.8 Å². The molecule has 0 fully saturated rings. The van der Waals surface area contributed by atoms with E-state index in [9.17, 15) is 4.79 Å². The molecule has 0 atom stereocenters. The molecule has 76 valence electrons. The maximum atomic E-state index is 10.7. The van der Waals surface area contributed by atoms with Gasteiger partial charge in [0.15, 0.2) is 0 Å². The molecule has 0 saturated carbocycles. The Morgan fingerprint density at radius 1 is 1.00 bits per heavy atom. The van der Waals surface area contributed by atoms with Crippen molar-refractivity contribution in [2.75, 3.05) is 19.0 Å². The summed E-state index contributed by atoms with van der Waals surface area (Å²) in [6.45, 7) is 0. The van der Waals surface area contributed by atoms with Gasteiger partial charge in [0.25, 0.3) is 0 Å². The molecule has 0 unspecified atom stereocenters. The standard InChI is InChI=1S/C13H13NO/c1-14(2)13-6-5-11-4-3-10(9-15)7-12(11)8-13/h3-9H,1-2H3. The largest absolute Gasteiger partial charge is 0.378 e. The highest BCUT2D eigenvalue weighted by molar-refractivity contribution is 5.90. The van der Waals surface area contributed by atoms with E-state index in [1.54, 1.807) is 0 Å². The van der Waals surface area contributed by atoms with E-state index in [1.165, 1.54) is 0 Å². The maximum absolute atomic E-state index is 10.7. The lowest BCUT2D eigenvalue weighted by molar-refractivity contribution is 0.112. The van der Waals surface area contributed by atoms with Crippen molar-refractivity contribution in [3.63, 3.8) is 0 Å². The van der Waals surface area contributed by atoms with Crippen molar-refractivity contribution in [2.24, 2.45) is 0 Å². The minimum Gasteiger partial charge on any atom is -0.378 e. The minimum atomic E-state index is 0.721. The van der Waals surface area contributed by atoms with E-state index in [1.807, 2.05) is 37.2 Å². The Balaban J connectivity index is 2.62. The summed E-state index contributed by atoms with van der Waals surface area (Å²) in [7, 11) is 4.01. The third-order valence-electron chi connectivity index (χ3n) is 2.50. The Bertz CT molecular complexity index is 503. The van der Waals surface area contributed by atoms with Gasteiger partial charge in [0.2, 0.25) is 0 Å². The monoisotopic (exact) mass is 199 g/mol. The molecule has 2 aromatic rings. The number of anilines is 1. The van der Waals surface area contributed by atoms with E-state index in [0.717, 1.165) is 28.3 Å². The van der Waals surface area contributed by atoms with Gasteiger partial charge in [-0.05, 0) is 29.0 Å². The van der Waals surface area contributed by atoms with Gasteiger partial charge in [0, 0.05) is 25.3 Å². The lowest BCUT2D eigenvalue weighted by atomic mass is 10.1. The van der Waals surface area contributed by atoms with E-state index < -0.39 is 0 Å². The molecule has 0 N–H and O–H groups in total. The fourth-order valence-electron chi connectivity index (χ4n) is 1.60. The van der Waals surface area contributed by atoms with E-state index >= 15 is 0 Å². The van der Waals surface area contributed by atoms with Crippen LogP contribution in [-0.2, 0) is 0 Å². The molecule has 0 radical (unpaired) electrons. The number of aldehydes is 1. The van der Waals surface area contributed by atoms with Crippen LogP contribution in [0.2, 0.25) is 0 Å². The second-order valence-corrected chi connectivity index (χ2v) is 3.80. The zero-order valence-corrected chi connectivity index (χ0v) is 8.90. The van der Waals surface area contributed by atoms with Crippen LogP contribution >= 0.6 is 0 Å². The van der Waals surface area contributed by atoms with Crippen molar-refractivity contribution < 1.29 is 4.79 Å². The number of carbonyl (C=O) groups excluding carboxylic acids is 1. The molecule has 0 heterocycles. The number of hydrogen-bond donors (Lipinski definition) is 0. The zero-order chi connectivity index (χ0) is 10.8. The van der Waals surface area contributed by atoms with E-state index in [0.29, 0.717) is 0 Å².